The third-order valence-electron chi connectivity index (χ3n) is 4.29. The van der Waals surface area contributed by atoms with E-state index in [0.717, 1.165) is 18.5 Å². The highest BCUT2D eigenvalue weighted by Crippen LogP contribution is 2.39. The number of nitrogens with two attached hydrogens (primary N) is 2. The Morgan fingerprint density at radius 3 is 2.42 bits per heavy atom. The molecule has 0 aliphatic carbocycles. The average molecular weight is 280 g/mol. The number of piperidine rings is 1. The van der Waals surface area contributed by atoms with Crippen LogP contribution in [0.15, 0.2) is 18.2 Å². The molecule has 2 fully saturated rings. The number of nitrogens with zero attached hydrogens (tertiary/aromatic N) is 1. The molecule has 0 saturated carbocycles. The Bertz CT molecular complexity index is 505. The molecule has 4 nitrogen and oxygen atoms in total. The maximum atomic E-state index is 11.2. The molecule has 0 aromatic heterocycles. The van der Waals surface area contributed by atoms with Gasteiger partial charge in [0.05, 0.1) is 10.6 Å². The molecule has 0 spiro atoms. The largest absolute Gasteiger partial charge is 0.366 e. The van der Waals surface area contributed by atoms with Crippen molar-refractivity contribution >= 4 is 23.2 Å². The van der Waals surface area contributed by atoms with Crippen molar-refractivity contribution in [3.05, 3.63) is 28.8 Å². The third-order valence-corrected chi connectivity index (χ3v) is 4.60. The van der Waals surface area contributed by atoms with E-state index < -0.39 is 5.91 Å². The number of hydrogen-bond acceptors (Lipinski definition) is 3. The van der Waals surface area contributed by atoms with Crippen LogP contribution in [0.4, 0.5) is 5.69 Å². The molecule has 2 aliphatic heterocycles. The van der Waals surface area contributed by atoms with Crippen LogP contribution < -0.4 is 16.4 Å². The molecular formula is C14H18ClN3O. The van der Waals surface area contributed by atoms with E-state index in [1.54, 1.807) is 6.07 Å². The summed E-state index contributed by atoms with van der Waals surface area (Å²) in [4.78, 5) is 13.6. The number of carbonyl (C=O) groups excluding carboxylic acids is 1. The van der Waals surface area contributed by atoms with Crippen LogP contribution >= 0.6 is 11.6 Å². The highest BCUT2D eigenvalue weighted by atomic mass is 35.5. The molecule has 3 rings (SSSR count). The Morgan fingerprint density at radius 2 is 1.89 bits per heavy atom. The van der Waals surface area contributed by atoms with Gasteiger partial charge in [0.15, 0.2) is 0 Å². The molecule has 2 bridgehead atoms. The predicted molar refractivity (Wildman–Crippen MR) is 76.5 cm³/mol. The topological polar surface area (TPSA) is 72.4 Å². The Balaban J connectivity index is 1.91. The van der Waals surface area contributed by atoms with Crippen LogP contribution in [0.1, 0.15) is 36.0 Å². The molecule has 4 N–H and O–H groups in total. The molecule has 2 aliphatic rings. The second-order valence-corrected chi connectivity index (χ2v) is 5.96. The second-order valence-electron chi connectivity index (χ2n) is 5.55. The average Bonchev–Trinajstić information content (AvgIpc) is 2.61. The summed E-state index contributed by atoms with van der Waals surface area (Å²) in [6, 6.07) is 6.83. The summed E-state index contributed by atoms with van der Waals surface area (Å²) in [5.74, 6) is -0.486. The quantitative estimate of drug-likeness (QED) is 0.868. The van der Waals surface area contributed by atoms with Crippen molar-refractivity contribution in [1.82, 2.24) is 0 Å². The minimum atomic E-state index is -0.486. The number of amides is 1. The van der Waals surface area contributed by atoms with Crippen molar-refractivity contribution in [3.8, 4) is 0 Å². The summed E-state index contributed by atoms with van der Waals surface area (Å²) in [6.45, 7) is 0. The van der Waals surface area contributed by atoms with Gasteiger partial charge in [-0.3, -0.25) is 4.79 Å². The standard InChI is InChI=1S/C14H18ClN3O/c15-13-7-11(3-4-12(13)14(17)19)18-9-1-2-10(18)6-8(16)5-9/h3-4,7-10H,1-2,5-6,16H2,(H2,17,19). The van der Waals surface area contributed by atoms with Crippen molar-refractivity contribution in [2.45, 2.75) is 43.8 Å². The van der Waals surface area contributed by atoms with E-state index >= 15 is 0 Å². The van der Waals surface area contributed by atoms with Crippen molar-refractivity contribution in [2.75, 3.05) is 4.90 Å². The van der Waals surface area contributed by atoms with Crippen LogP contribution in [0.5, 0.6) is 0 Å². The van der Waals surface area contributed by atoms with E-state index in [1.165, 1.54) is 12.8 Å². The maximum Gasteiger partial charge on any atom is 0.250 e. The van der Waals surface area contributed by atoms with Gasteiger partial charge in [-0.2, -0.15) is 0 Å². The summed E-state index contributed by atoms with van der Waals surface area (Å²) in [6.07, 6.45) is 4.44. The van der Waals surface area contributed by atoms with E-state index in [-0.39, 0.29) is 0 Å². The number of fused-ring (bicyclic) bond motifs is 2. The first kappa shape index (κ1) is 12.8. The van der Waals surface area contributed by atoms with Gasteiger partial charge in [-0.25, -0.2) is 0 Å². The number of halogens is 1. The van der Waals surface area contributed by atoms with Gasteiger partial charge in [-0.1, -0.05) is 11.6 Å². The van der Waals surface area contributed by atoms with Gasteiger partial charge in [0.2, 0.25) is 5.91 Å². The number of primary amides is 1. The van der Waals surface area contributed by atoms with Gasteiger partial charge in [0.1, 0.15) is 0 Å². The number of rotatable bonds is 2. The van der Waals surface area contributed by atoms with Crippen LogP contribution in [0, 0.1) is 0 Å². The second kappa shape index (κ2) is 4.69. The fraction of sp³-hybridized carbons (Fsp3) is 0.500. The molecule has 1 aromatic carbocycles. The van der Waals surface area contributed by atoms with Gasteiger partial charge >= 0.3 is 0 Å². The van der Waals surface area contributed by atoms with Gasteiger partial charge in [0, 0.05) is 23.8 Å². The van der Waals surface area contributed by atoms with Gasteiger partial charge in [0.25, 0.3) is 0 Å². The molecule has 5 heteroatoms. The molecule has 0 radical (unpaired) electrons. The zero-order valence-corrected chi connectivity index (χ0v) is 11.4. The zero-order valence-electron chi connectivity index (χ0n) is 10.7. The summed E-state index contributed by atoms with van der Waals surface area (Å²) < 4.78 is 0. The van der Waals surface area contributed by atoms with E-state index in [2.05, 4.69) is 4.90 Å². The molecule has 2 saturated heterocycles. The first-order chi connectivity index (χ1) is 9.06. The molecule has 19 heavy (non-hydrogen) atoms. The van der Waals surface area contributed by atoms with E-state index in [0.29, 0.717) is 28.7 Å². The monoisotopic (exact) mass is 279 g/mol. The summed E-state index contributed by atoms with van der Waals surface area (Å²) in [7, 11) is 0. The Hall–Kier alpha value is -1.26. The molecule has 2 unspecified atom stereocenters. The van der Waals surface area contributed by atoms with E-state index in [9.17, 15) is 4.79 Å². The van der Waals surface area contributed by atoms with Crippen LogP contribution in [-0.4, -0.2) is 24.0 Å². The van der Waals surface area contributed by atoms with Crippen LogP contribution in [0.25, 0.3) is 0 Å². The Kier molecular flexibility index (Phi) is 3.15. The van der Waals surface area contributed by atoms with Crippen LogP contribution in [0.3, 0.4) is 0 Å². The molecule has 1 aromatic rings. The summed E-state index contributed by atoms with van der Waals surface area (Å²) in [5, 5.41) is 0.430. The van der Waals surface area contributed by atoms with Gasteiger partial charge in [-0.05, 0) is 43.9 Å². The van der Waals surface area contributed by atoms with Gasteiger partial charge in [-0.15, -0.1) is 0 Å². The van der Waals surface area contributed by atoms with Crippen molar-refractivity contribution < 1.29 is 4.79 Å². The lowest BCUT2D eigenvalue weighted by molar-refractivity contribution is 0.100. The predicted octanol–water partition coefficient (Wildman–Crippen LogP) is 1.90. The maximum absolute atomic E-state index is 11.2. The highest BCUT2D eigenvalue weighted by Gasteiger charge is 2.39. The first-order valence-electron chi connectivity index (χ1n) is 6.69. The summed E-state index contributed by atoms with van der Waals surface area (Å²) >= 11 is 6.14. The minimum Gasteiger partial charge on any atom is -0.366 e. The zero-order chi connectivity index (χ0) is 13.6. The fourth-order valence-electron chi connectivity index (χ4n) is 3.51. The minimum absolute atomic E-state index is 0.314. The number of anilines is 1. The number of hydrogen-bond donors (Lipinski definition) is 2. The summed E-state index contributed by atoms with van der Waals surface area (Å²) in [5.41, 5.74) is 12.8. The van der Waals surface area contributed by atoms with Gasteiger partial charge < -0.3 is 16.4 Å². The van der Waals surface area contributed by atoms with Crippen molar-refractivity contribution in [2.24, 2.45) is 11.5 Å². The molecule has 2 heterocycles. The van der Waals surface area contributed by atoms with Crippen molar-refractivity contribution in [3.63, 3.8) is 0 Å². The SMILES string of the molecule is NC(=O)c1ccc(N2C3CCC2CC(N)C3)cc1Cl. The Morgan fingerprint density at radius 1 is 1.26 bits per heavy atom. The van der Waals surface area contributed by atoms with Crippen molar-refractivity contribution in [1.29, 1.82) is 0 Å². The van der Waals surface area contributed by atoms with Crippen LogP contribution in [0.2, 0.25) is 5.02 Å². The number of benzene rings is 1. The first-order valence-corrected chi connectivity index (χ1v) is 7.07. The normalized spacial score (nSPS) is 29.6. The van der Waals surface area contributed by atoms with Crippen LogP contribution in [-0.2, 0) is 0 Å². The van der Waals surface area contributed by atoms with E-state index in [1.807, 2.05) is 12.1 Å². The molecule has 1 amide bonds. The molecule has 2 atom stereocenters. The lowest BCUT2D eigenvalue weighted by Crippen LogP contribution is -2.47. The fourth-order valence-corrected chi connectivity index (χ4v) is 3.77. The van der Waals surface area contributed by atoms with E-state index in [4.69, 9.17) is 23.1 Å². The lowest BCUT2D eigenvalue weighted by atomic mass is 9.97. The molecular weight excluding hydrogens is 262 g/mol. The Labute approximate surface area is 117 Å². The third kappa shape index (κ3) is 2.19. The molecule has 102 valence electrons. The number of carbonyl (C=O) groups is 1. The highest BCUT2D eigenvalue weighted by molar-refractivity contribution is 6.34. The lowest BCUT2D eigenvalue weighted by Gasteiger charge is -2.39. The smallest absolute Gasteiger partial charge is 0.250 e.